The van der Waals surface area contributed by atoms with E-state index in [0.29, 0.717) is 6.10 Å². The van der Waals surface area contributed by atoms with Crippen LogP contribution in [0.4, 0.5) is 0 Å². The van der Waals surface area contributed by atoms with Crippen molar-refractivity contribution in [3.8, 4) is 0 Å². The number of ether oxygens (including phenoxy) is 1. The van der Waals surface area contributed by atoms with Crippen molar-refractivity contribution in [2.45, 2.75) is 32.4 Å². The standard InChI is InChI=1S/C9H14N2O/c1-8-5-10-11(6-8)7-9-3-2-4-12-9/h5-6,9H,2-4,7H2,1H3. The second-order valence-electron chi connectivity index (χ2n) is 3.37. The first-order chi connectivity index (χ1) is 5.84. The molecule has 1 saturated heterocycles. The summed E-state index contributed by atoms with van der Waals surface area (Å²) in [6.45, 7) is 3.89. The van der Waals surface area contributed by atoms with Crippen LogP contribution in [0.3, 0.4) is 0 Å². The summed E-state index contributed by atoms with van der Waals surface area (Å²) in [6, 6.07) is 0. The predicted octanol–water partition coefficient (Wildman–Crippen LogP) is 1.37. The molecule has 12 heavy (non-hydrogen) atoms. The molecular weight excluding hydrogens is 152 g/mol. The lowest BCUT2D eigenvalue weighted by Gasteiger charge is -2.08. The van der Waals surface area contributed by atoms with E-state index in [-0.39, 0.29) is 0 Å². The van der Waals surface area contributed by atoms with Crippen molar-refractivity contribution >= 4 is 0 Å². The lowest BCUT2D eigenvalue weighted by molar-refractivity contribution is 0.0940. The van der Waals surface area contributed by atoms with Crippen LogP contribution in [0, 0.1) is 6.92 Å². The number of aryl methyl sites for hydroxylation is 1. The number of hydrogen-bond donors (Lipinski definition) is 0. The zero-order valence-electron chi connectivity index (χ0n) is 7.36. The molecule has 3 heteroatoms. The Balaban J connectivity index is 1.94. The van der Waals surface area contributed by atoms with Crippen LogP contribution in [-0.2, 0) is 11.3 Å². The lowest BCUT2D eigenvalue weighted by atomic mass is 10.2. The van der Waals surface area contributed by atoms with Gasteiger partial charge in [-0.3, -0.25) is 4.68 Å². The van der Waals surface area contributed by atoms with Gasteiger partial charge in [0.05, 0.1) is 18.8 Å². The minimum atomic E-state index is 0.393. The van der Waals surface area contributed by atoms with E-state index in [1.807, 2.05) is 10.9 Å². The van der Waals surface area contributed by atoms with Crippen LogP contribution < -0.4 is 0 Å². The highest BCUT2D eigenvalue weighted by Crippen LogP contribution is 2.13. The van der Waals surface area contributed by atoms with Crippen molar-refractivity contribution in [3.63, 3.8) is 0 Å². The van der Waals surface area contributed by atoms with Crippen LogP contribution in [0.2, 0.25) is 0 Å². The smallest absolute Gasteiger partial charge is 0.0771 e. The predicted molar refractivity (Wildman–Crippen MR) is 45.9 cm³/mol. The molecule has 3 nitrogen and oxygen atoms in total. The van der Waals surface area contributed by atoms with Gasteiger partial charge in [0.15, 0.2) is 0 Å². The third-order valence-electron chi connectivity index (χ3n) is 2.18. The number of nitrogens with zero attached hydrogens (tertiary/aromatic N) is 2. The fraction of sp³-hybridized carbons (Fsp3) is 0.667. The molecule has 1 atom stereocenters. The molecule has 2 rings (SSSR count). The molecule has 0 radical (unpaired) electrons. The van der Waals surface area contributed by atoms with Crippen LogP contribution >= 0.6 is 0 Å². The third kappa shape index (κ3) is 1.67. The van der Waals surface area contributed by atoms with Gasteiger partial charge in [0.25, 0.3) is 0 Å². The Kier molecular flexibility index (Phi) is 2.13. The SMILES string of the molecule is Cc1cnn(CC2CCCO2)c1. The van der Waals surface area contributed by atoms with Gasteiger partial charge in [0, 0.05) is 12.8 Å². The first kappa shape index (κ1) is 7.80. The summed E-state index contributed by atoms with van der Waals surface area (Å²) in [6.07, 6.45) is 6.71. The highest BCUT2D eigenvalue weighted by molar-refractivity contribution is 4.99. The van der Waals surface area contributed by atoms with E-state index in [1.165, 1.54) is 18.4 Å². The van der Waals surface area contributed by atoms with Gasteiger partial charge in [0.1, 0.15) is 0 Å². The van der Waals surface area contributed by atoms with E-state index in [4.69, 9.17) is 4.74 Å². The average molecular weight is 166 g/mol. The molecule has 1 aromatic heterocycles. The zero-order valence-corrected chi connectivity index (χ0v) is 7.36. The number of hydrogen-bond acceptors (Lipinski definition) is 2. The van der Waals surface area contributed by atoms with E-state index in [0.717, 1.165) is 13.2 Å². The Morgan fingerprint density at radius 2 is 2.67 bits per heavy atom. The summed E-state index contributed by atoms with van der Waals surface area (Å²) in [5, 5.41) is 4.22. The van der Waals surface area contributed by atoms with E-state index in [9.17, 15) is 0 Å². The van der Waals surface area contributed by atoms with Crippen molar-refractivity contribution in [2.75, 3.05) is 6.61 Å². The van der Waals surface area contributed by atoms with Gasteiger partial charge < -0.3 is 4.74 Å². The van der Waals surface area contributed by atoms with Crippen LogP contribution in [0.1, 0.15) is 18.4 Å². The van der Waals surface area contributed by atoms with Crippen molar-refractivity contribution < 1.29 is 4.74 Å². The molecular formula is C9H14N2O. The number of rotatable bonds is 2. The van der Waals surface area contributed by atoms with Gasteiger partial charge >= 0.3 is 0 Å². The van der Waals surface area contributed by atoms with Crippen molar-refractivity contribution in [2.24, 2.45) is 0 Å². The topological polar surface area (TPSA) is 27.1 Å². The number of aromatic nitrogens is 2. The largest absolute Gasteiger partial charge is 0.376 e. The summed E-state index contributed by atoms with van der Waals surface area (Å²) < 4.78 is 7.47. The molecule has 2 heterocycles. The molecule has 1 aromatic rings. The zero-order chi connectivity index (χ0) is 8.39. The van der Waals surface area contributed by atoms with Gasteiger partial charge in [-0.1, -0.05) is 0 Å². The molecule has 0 bridgehead atoms. The summed E-state index contributed by atoms with van der Waals surface area (Å²) in [5.74, 6) is 0. The summed E-state index contributed by atoms with van der Waals surface area (Å²) in [4.78, 5) is 0. The van der Waals surface area contributed by atoms with E-state index in [1.54, 1.807) is 0 Å². The van der Waals surface area contributed by atoms with Crippen molar-refractivity contribution in [3.05, 3.63) is 18.0 Å². The fourth-order valence-electron chi connectivity index (χ4n) is 1.56. The lowest BCUT2D eigenvalue weighted by Crippen LogP contribution is -2.14. The second-order valence-corrected chi connectivity index (χ2v) is 3.37. The third-order valence-corrected chi connectivity index (χ3v) is 2.18. The molecule has 1 fully saturated rings. The van der Waals surface area contributed by atoms with Crippen LogP contribution in [-0.4, -0.2) is 22.5 Å². The molecule has 0 saturated carbocycles. The van der Waals surface area contributed by atoms with Gasteiger partial charge in [-0.05, 0) is 25.3 Å². The molecule has 0 amide bonds. The molecule has 0 aliphatic carbocycles. The minimum absolute atomic E-state index is 0.393. The van der Waals surface area contributed by atoms with E-state index in [2.05, 4.69) is 18.2 Å². The minimum Gasteiger partial charge on any atom is -0.376 e. The van der Waals surface area contributed by atoms with Crippen molar-refractivity contribution in [1.82, 2.24) is 9.78 Å². The quantitative estimate of drug-likeness (QED) is 0.663. The van der Waals surface area contributed by atoms with Gasteiger partial charge in [-0.2, -0.15) is 5.10 Å². The Hall–Kier alpha value is -0.830. The molecule has 0 spiro atoms. The van der Waals surface area contributed by atoms with E-state index >= 15 is 0 Å². The Labute approximate surface area is 72.3 Å². The van der Waals surface area contributed by atoms with Gasteiger partial charge in [0.2, 0.25) is 0 Å². The highest BCUT2D eigenvalue weighted by Gasteiger charge is 2.15. The van der Waals surface area contributed by atoms with Gasteiger partial charge in [-0.25, -0.2) is 0 Å². The highest BCUT2D eigenvalue weighted by atomic mass is 16.5. The molecule has 1 unspecified atom stereocenters. The van der Waals surface area contributed by atoms with Crippen LogP contribution in [0.5, 0.6) is 0 Å². The Morgan fingerprint density at radius 3 is 3.25 bits per heavy atom. The molecule has 66 valence electrons. The molecule has 1 aliphatic heterocycles. The maximum atomic E-state index is 5.51. The first-order valence-electron chi connectivity index (χ1n) is 4.45. The van der Waals surface area contributed by atoms with Crippen LogP contribution in [0.25, 0.3) is 0 Å². The Bertz CT molecular complexity index is 251. The van der Waals surface area contributed by atoms with Crippen molar-refractivity contribution in [1.29, 1.82) is 0 Å². The first-order valence-corrected chi connectivity index (χ1v) is 4.45. The Morgan fingerprint density at radius 1 is 1.75 bits per heavy atom. The summed E-state index contributed by atoms with van der Waals surface area (Å²) in [5.41, 5.74) is 1.22. The maximum Gasteiger partial charge on any atom is 0.0771 e. The summed E-state index contributed by atoms with van der Waals surface area (Å²) >= 11 is 0. The normalized spacial score (nSPS) is 23.2. The fourth-order valence-corrected chi connectivity index (χ4v) is 1.56. The summed E-state index contributed by atoms with van der Waals surface area (Å²) in [7, 11) is 0. The van der Waals surface area contributed by atoms with Crippen LogP contribution in [0.15, 0.2) is 12.4 Å². The van der Waals surface area contributed by atoms with Gasteiger partial charge in [-0.15, -0.1) is 0 Å². The molecule has 1 aliphatic rings. The maximum absolute atomic E-state index is 5.51. The van der Waals surface area contributed by atoms with E-state index < -0.39 is 0 Å². The monoisotopic (exact) mass is 166 g/mol. The average Bonchev–Trinajstić information content (AvgIpc) is 2.63. The molecule has 0 aromatic carbocycles. The molecule has 0 N–H and O–H groups in total. The second kappa shape index (κ2) is 3.27.